The van der Waals surface area contributed by atoms with Crippen molar-refractivity contribution in [2.75, 3.05) is 0 Å². The third-order valence-corrected chi connectivity index (χ3v) is 1.53. The Morgan fingerprint density at radius 1 is 1.38 bits per heavy atom. The molecule has 0 saturated heterocycles. The van der Waals surface area contributed by atoms with Gasteiger partial charge in [-0.1, -0.05) is 32.9 Å². The number of hydrogen-bond donors (Lipinski definition) is 0. The van der Waals surface area contributed by atoms with Crippen molar-refractivity contribution in [3.05, 3.63) is 12.2 Å². The molecule has 48 valence electrons. The first-order chi connectivity index (χ1) is 3.62. The van der Waals surface area contributed by atoms with Gasteiger partial charge in [-0.05, 0) is 18.8 Å². The van der Waals surface area contributed by atoms with Crippen LogP contribution in [0.4, 0.5) is 0 Å². The molecular weight excluding hydrogens is 96.1 g/mol. The fourth-order valence-corrected chi connectivity index (χ4v) is 0.569. The predicted octanol–water partition coefficient (Wildman–Crippen LogP) is 3.00. The quantitative estimate of drug-likeness (QED) is 0.482. The van der Waals surface area contributed by atoms with E-state index in [-0.39, 0.29) is 0 Å². The van der Waals surface area contributed by atoms with Crippen molar-refractivity contribution in [2.45, 2.75) is 34.1 Å². The van der Waals surface area contributed by atoms with E-state index in [1.807, 2.05) is 0 Å². The van der Waals surface area contributed by atoms with Crippen molar-refractivity contribution in [1.82, 2.24) is 0 Å². The summed E-state index contributed by atoms with van der Waals surface area (Å²) in [4.78, 5) is 0. The van der Waals surface area contributed by atoms with Gasteiger partial charge >= 0.3 is 0 Å². The average Bonchev–Trinajstić information content (AvgIpc) is 1.67. The highest BCUT2D eigenvalue weighted by Gasteiger charge is 2.07. The fraction of sp³-hybridized carbons (Fsp3) is 0.750. The Morgan fingerprint density at radius 3 is 2.00 bits per heavy atom. The van der Waals surface area contributed by atoms with Crippen LogP contribution in [-0.4, -0.2) is 0 Å². The molecule has 0 N–H and O–H groups in total. The van der Waals surface area contributed by atoms with E-state index in [1.165, 1.54) is 6.42 Å². The maximum Gasteiger partial charge on any atom is -0.0178 e. The molecule has 0 fully saturated rings. The van der Waals surface area contributed by atoms with Crippen LogP contribution in [0.15, 0.2) is 12.2 Å². The van der Waals surface area contributed by atoms with E-state index >= 15 is 0 Å². The standard InChI is InChI=1S/C8H16/c1-5-7-8(3,4)6-2/h5,7H,6H2,1-4H3. The Bertz CT molecular complexity index is 78.0. The third kappa shape index (κ3) is 2.84. The molecule has 0 aliphatic carbocycles. The van der Waals surface area contributed by atoms with E-state index in [0.717, 1.165) is 0 Å². The lowest BCUT2D eigenvalue weighted by molar-refractivity contribution is 0.461. The molecule has 0 nitrogen and oxygen atoms in total. The van der Waals surface area contributed by atoms with Crippen LogP contribution in [0.3, 0.4) is 0 Å². The molecule has 0 heteroatoms. The minimum Gasteiger partial charge on any atom is -0.0911 e. The Balaban J connectivity index is 3.71. The summed E-state index contributed by atoms with van der Waals surface area (Å²) in [6, 6.07) is 0. The van der Waals surface area contributed by atoms with Crippen molar-refractivity contribution in [2.24, 2.45) is 5.41 Å². The maximum absolute atomic E-state index is 2.24. The molecule has 0 saturated carbocycles. The van der Waals surface area contributed by atoms with Gasteiger partial charge in [0.1, 0.15) is 0 Å². The van der Waals surface area contributed by atoms with Crippen LogP contribution in [-0.2, 0) is 0 Å². The van der Waals surface area contributed by atoms with Crippen molar-refractivity contribution in [3.8, 4) is 0 Å². The lowest BCUT2D eigenvalue weighted by atomic mass is 9.90. The van der Waals surface area contributed by atoms with Crippen molar-refractivity contribution in [1.29, 1.82) is 0 Å². The third-order valence-electron chi connectivity index (χ3n) is 1.53. The van der Waals surface area contributed by atoms with Crippen molar-refractivity contribution >= 4 is 0 Å². The summed E-state index contributed by atoms with van der Waals surface area (Å²) in [6.07, 6.45) is 5.58. The largest absolute Gasteiger partial charge is 0.0911 e. The molecule has 0 radical (unpaired) electrons. The van der Waals surface area contributed by atoms with Crippen LogP contribution in [0.5, 0.6) is 0 Å². The van der Waals surface area contributed by atoms with E-state index in [0.29, 0.717) is 5.41 Å². The monoisotopic (exact) mass is 112 g/mol. The van der Waals surface area contributed by atoms with Crippen LogP contribution in [0, 0.1) is 5.41 Å². The molecule has 0 bridgehead atoms. The summed E-state index contributed by atoms with van der Waals surface area (Å²) in [6.45, 7) is 8.76. The van der Waals surface area contributed by atoms with Crippen molar-refractivity contribution in [3.63, 3.8) is 0 Å². The molecule has 0 heterocycles. The molecule has 0 atom stereocenters. The zero-order chi connectivity index (χ0) is 6.62. The SMILES string of the molecule is CC=CC(C)(C)CC. The van der Waals surface area contributed by atoms with Gasteiger partial charge in [-0.15, -0.1) is 0 Å². The van der Waals surface area contributed by atoms with E-state index < -0.39 is 0 Å². The molecule has 8 heavy (non-hydrogen) atoms. The average molecular weight is 112 g/mol. The van der Waals surface area contributed by atoms with Gasteiger partial charge in [-0.2, -0.15) is 0 Å². The highest BCUT2D eigenvalue weighted by Crippen LogP contribution is 2.20. The fourth-order valence-electron chi connectivity index (χ4n) is 0.569. The van der Waals surface area contributed by atoms with Crippen LogP contribution < -0.4 is 0 Å². The maximum atomic E-state index is 2.24. The molecule has 0 aromatic carbocycles. The number of allylic oxidation sites excluding steroid dienone is 2. The summed E-state index contributed by atoms with van der Waals surface area (Å²) < 4.78 is 0. The first kappa shape index (κ1) is 7.74. The minimum atomic E-state index is 0.411. The summed E-state index contributed by atoms with van der Waals surface area (Å²) >= 11 is 0. The highest BCUT2D eigenvalue weighted by atomic mass is 14.1. The van der Waals surface area contributed by atoms with Crippen LogP contribution >= 0.6 is 0 Å². The lowest BCUT2D eigenvalue weighted by Gasteiger charge is -2.15. The minimum absolute atomic E-state index is 0.411. The van der Waals surface area contributed by atoms with Gasteiger partial charge in [0.15, 0.2) is 0 Å². The zero-order valence-corrected chi connectivity index (χ0v) is 6.36. The smallest absolute Gasteiger partial charge is 0.0178 e. The second kappa shape index (κ2) is 2.91. The molecule has 0 rings (SSSR count). The van der Waals surface area contributed by atoms with Gasteiger partial charge in [0.05, 0.1) is 0 Å². The molecular formula is C8H16. The van der Waals surface area contributed by atoms with Crippen LogP contribution in [0.1, 0.15) is 34.1 Å². The topological polar surface area (TPSA) is 0 Å². The first-order valence-corrected chi connectivity index (χ1v) is 3.26. The van der Waals surface area contributed by atoms with Crippen LogP contribution in [0.25, 0.3) is 0 Å². The van der Waals surface area contributed by atoms with Crippen LogP contribution in [0.2, 0.25) is 0 Å². The Kier molecular flexibility index (Phi) is 2.81. The van der Waals surface area contributed by atoms with E-state index in [9.17, 15) is 0 Å². The Labute approximate surface area is 52.6 Å². The molecule has 0 amide bonds. The van der Waals surface area contributed by atoms with E-state index in [4.69, 9.17) is 0 Å². The van der Waals surface area contributed by atoms with Gasteiger partial charge in [0, 0.05) is 0 Å². The second-order valence-electron chi connectivity index (χ2n) is 2.84. The molecule has 0 aromatic heterocycles. The van der Waals surface area contributed by atoms with Gasteiger partial charge in [0.2, 0.25) is 0 Å². The summed E-state index contributed by atoms with van der Waals surface area (Å²) in [7, 11) is 0. The van der Waals surface area contributed by atoms with Crippen molar-refractivity contribution < 1.29 is 0 Å². The first-order valence-electron chi connectivity index (χ1n) is 3.26. The highest BCUT2D eigenvalue weighted by molar-refractivity contribution is 4.91. The van der Waals surface area contributed by atoms with E-state index in [2.05, 4.69) is 39.8 Å². The summed E-state index contributed by atoms with van der Waals surface area (Å²) in [5, 5.41) is 0. The molecule has 0 unspecified atom stereocenters. The Hall–Kier alpha value is -0.260. The van der Waals surface area contributed by atoms with Gasteiger partial charge in [-0.3, -0.25) is 0 Å². The number of hydrogen-bond acceptors (Lipinski definition) is 0. The van der Waals surface area contributed by atoms with E-state index in [1.54, 1.807) is 0 Å². The van der Waals surface area contributed by atoms with Gasteiger partial charge < -0.3 is 0 Å². The molecule has 0 aliphatic rings. The lowest BCUT2D eigenvalue weighted by Crippen LogP contribution is -2.03. The predicted molar refractivity (Wildman–Crippen MR) is 38.9 cm³/mol. The Morgan fingerprint density at radius 2 is 1.88 bits per heavy atom. The number of rotatable bonds is 2. The summed E-state index contributed by atoms with van der Waals surface area (Å²) in [5.41, 5.74) is 0.411. The molecule has 0 aliphatic heterocycles. The van der Waals surface area contributed by atoms with Gasteiger partial charge in [0.25, 0.3) is 0 Å². The molecule has 0 aromatic rings. The normalized spacial score (nSPS) is 13.0. The summed E-state index contributed by atoms with van der Waals surface area (Å²) in [5.74, 6) is 0. The second-order valence-corrected chi connectivity index (χ2v) is 2.84. The zero-order valence-electron chi connectivity index (χ0n) is 6.36. The molecule has 0 spiro atoms. The van der Waals surface area contributed by atoms with Gasteiger partial charge in [-0.25, -0.2) is 0 Å².